The van der Waals surface area contributed by atoms with Crippen LogP contribution < -0.4 is 10.6 Å². The molecule has 0 aromatic carbocycles. The normalized spacial score (nSPS) is 24.2. The zero-order valence-corrected chi connectivity index (χ0v) is 12.0. The predicted molar refractivity (Wildman–Crippen MR) is 73.5 cm³/mol. The number of nitrogens with one attached hydrogen (secondary N) is 2. The number of amides is 1. The average molecular weight is 256 g/mol. The lowest BCUT2D eigenvalue weighted by molar-refractivity contribution is -0.122. The molecule has 1 fully saturated rings. The van der Waals surface area contributed by atoms with Crippen molar-refractivity contribution >= 4 is 5.91 Å². The fourth-order valence-corrected chi connectivity index (χ4v) is 2.58. The number of hydrogen-bond acceptors (Lipinski definition) is 3. The average Bonchev–Trinajstić information content (AvgIpc) is 2.37. The largest absolute Gasteiger partial charge is 0.378 e. The molecule has 106 valence electrons. The van der Waals surface area contributed by atoms with Gasteiger partial charge < -0.3 is 15.4 Å². The van der Waals surface area contributed by atoms with E-state index in [-0.39, 0.29) is 5.91 Å². The van der Waals surface area contributed by atoms with Gasteiger partial charge in [-0.2, -0.15) is 0 Å². The number of carbonyl (C=O) groups is 1. The molecule has 2 unspecified atom stereocenters. The van der Waals surface area contributed by atoms with Gasteiger partial charge in [0.15, 0.2) is 0 Å². The van der Waals surface area contributed by atoms with E-state index in [1.54, 1.807) is 0 Å². The summed E-state index contributed by atoms with van der Waals surface area (Å²) in [6, 6.07) is 0. The fraction of sp³-hybridized carbons (Fsp3) is 0.929. The molecule has 0 bridgehead atoms. The molecular weight excluding hydrogens is 228 g/mol. The van der Waals surface area contributed by atoms with E-state index in [9.17, 15) is 4.79 Å². The minimum atomic E-state index is 0.165. The molecule has 4 nitrogen and oxygen atoms in total. The molecule has 0 aliphatic carbocycles. The van der Waals surface area contributed by atoms with Crippen molar-refractivity contribution in [2.45, 2.75) is 45.6 Å². The Bertz CT molecular complexity index is 244. The van der Waals surface area contributed by atoms with Gasteiger partial charge in [0.05, 0.1) is 6.10 Å². The van der Waals surface area contributed by atoms with Crippen molar-refractivity contribution in [1.29, 1.82) is 0 Å². The molecule has 0 aromatic rings. The molecule has 0 saturated carbocycles. The van der Waals surface area contributed by atoms with Gasteiger partial charge in [-0.1, -0.05) is 13.8 Å². The first-order valence-corrected chi connectivity index (χ1v) is 7.18. The lowest BCUT2D eigenvalue weighted by Gasteiger charge is -2.34. The van der Waals surface area contributed by atoms with E-state index in [1.165, 1.54) is 6.42 Å². The van der Waals surface area contributed by atoms with Crippen LogP contribution in [0.5, 0.6) is 0 Å². The van der Waals surface area contributed by atoms with Crippen LogP contribution in [0.25, 0.3) is 0 Å². The summed E-state index contributed by atoms with van der Waals surface area (Å²) >= 11 is 0. The smallest absolute Gasteiger partial charge is 0.220 e. The Hall–Kier alpha value is -0.610. The van der Waals surface area contributed by atoms with Crippen LogP contribution in [0.3, 0.4) is 0 Å². The topological polar surface area (TPSA) is 50.4 Å². The molecule has 0 aromatic heterocycles. The number of hydrogen-bond donors (Lipinski definition) is 2. The minimum Gasteiger partial charge on any atom is -0.378 e. The van der Waals surface area contributed by atoms with Gasteiger partial charge in [-0.15, -0.1) is 0 Å². The number of carbonyl (C=O) groups excluding carboxylic acids is 1. The second-order valence-electron chi connectivity index (χ2n) is 5.49. The van der Waals surface area contributed by atoms with Crippen molar-refractivity contribution in [2.75, 3.05) is 26.7 Å². The summed E-state index contributed by atoms with van der Waals surface area (Å²) in [6.07, 6.45) is 4.09. The Balaban J connectivity index is 2.25. The third-order valence-electron chi connectivity index (χ3n) is 3.54. The predicted octanol–water partition coefficient (Wildman–Crippen LogP) is 1.55. The molecule has 1 saturated heterocycles. The summed E-state index contributed by atoms with van der Waals surface area (Å²) in [5.41, 5.74) is 0. The van der Waals surface area contributed by atoms with Crippen LogP contribution in [0.2, 0.25) is 0 Å². The van der Waals surface area contributed by atoms with Gasteiger partial charge in [0.1, 0.15) is 0 Å². The van der Waals surface area contributed by atoms with Gasteiger partial charge >= 0.3 is 0 Å². The zero-order chi connectivity index (χ0) is 13.4. The molecule has 18 heavy (non-hydrogen) atoms. The van der Waals surface area contributed by atoms with Crippen molar-refractivity contribution in [1.82, 2.24) is 10.6 Å². The zero-order valence-electron chi connectivity index (χ0n) is 12.0. The highest BCUT2D eigenvalue weighted by molar-refractivity contribution is 5.75. The summed E-state index contributed by atoms with van der Waals surface area (Å²) in [5, 5.41) is 6.10. The standard InChI is InChI=1S/C14H28N2O2/c1-11(2)14-12(6-5-9-18-14)10-16-13(17)7-4-8-15-3/h11-12,14-15H,4-10H2,1-3H3,(H,16,17). The van der Waals surface area contributed by atoms with Crippen molar-refractivity contribution in [3.05, 3.63) is 0 Å². The maximum absolute atomic E-state index is 11.7. The van der Waals surface area contributed by atoms with E-state index in [2.05, 4.69) is 24.5 Å². The Morgan fingerprint density at radius 2 is 2.22 bits per heavy atom. The fourth-order valence-electron chi connectivity index (χ4n) is 2.58. The van der Waals surface area contributed by atoms with Crippen LogP contribution in [0, 0.1) is 11.8 Å². The molecule has 0 spiro atoms. The van der Waals surface area contributed by atoms with E-state index in [1.807, 2.05) is 7.05 Å². The number of rotatable bonds is 7. The first-order chi connectivity index (χ1) is 8.65. The van der Waals surface area contributed by atoms with Crippen LogP contribution in [0.1, 0.15) is 39.5 Å². The van der Waals surface area contributed by atoms with Crippen LogP contribution in [-0.4, -0.2) is 38.8 Å². The molecule has 1 amide bonds. The molecule has 4 heteroatoms. The monoisotopic (exact) mass is 256 g/mol. The van der Waals surface area contributed by atoms with Crippen LogP contribution in [-0.2, 0) is 9.53 Å². The molecule has 1 aliphatic heterocycles. The summed E-state index contributed by atoms with van der Waals surface area (Å²) in [6.45, 7) is 6.92. The van der Waals surface area contributed by atoms with Gasteiger partial charge in [0.2, 0.25) is 5.91 Å². The van der Waals surface area contributed by atoms with Crippen molar-refractivity contribution in [2.24, 2.45) is 11.8 Å². The van der Waals surface area contributed by atoms with Crippen molar-refractivity contribution < 1.29 is 9.53 Å². The van der Waals surface area contributed by atoms with Crippen LogP contribution in [0.4, 0.5) is 0 Å². The van der Waals surface area contributed by atoms with E-state index in [4.69, 9.17) is 4.74 Å². The van der Waals surface area contributed by atoms with E-state index in [0.717, 1.165) is 32.5 Å². The van der Waals surface area contributed by atoms with Gasteiger partial charge in [-0.25, -0.2) is 0 Å². The molecule has 2 atom stereocenters. The molecule has 0 radical (unpaired) electrons. The highest BCUT2D eigenvalue weighted by atomic mass is 16.5. The maximum atomic E-state index is 11.7. The summed E-state index contributed by atoms with van der Waals surface area (Å²) in [4.78, 5) is 11.7. The molecule has 1 aliphatic rings. The van der Waals surface area contributed by atoms with Gasteiger partial charge in [-0.3, -0.25) is 4.79 Å². The SMILES string of the molecule is CNCCCC(=O)NCC1CCCOC1C(C)C. The summed E-state index contributed by atoms with van der Waals surface area (Å²) in [5.74, 6) is 1.17. The quantitative estimate of drug-likeness (QED) is 0.680. The highest BCUT2D eigenvalue weighted by Gasteiger charge is 2.28. The first-order valence-electron chi connectivity index (χ1n) is 7.18. The second-order valence-corrected chi connectivity index (χ2v) is 5.49. The van der Waals surface area contributed by atoms with Crippen LogP contribution in [0.15, 0.2) is 0 Å². The van der Waals surface area contributed by atoms with Crippen molar-refractivity contribution in [3.63, 3.8) is 0 Å². The molecule has 2 N–H and O–H groups in total. The summed E-state index contributed by atoms with van der Waals surface area (Å²) < 4.78 is 5.82. The lowest BCUT2D eigenvalue weighted by atomic mass is 9.87. The van der Waals surface area contributed by atoms with E-state index in [0.29, 0.717) is 24.4 Å². The first kappa shape index (κ1) is 15.4. The molecule has 1 rings (SSSR count). The van der Waals surface area contributed by atoms with E-state index >= 15 is 0 Å². The third-order valence-corrected chi connectivity index (χ3v) is 3.54. The van der Waals surface area contributed by atoms with Gasteiger partial charge in [0.25, 0.3) is 0 Å². The summed E-state index contributed by atoms with van der Waals surface area (Å²) in [7, 11) is 1.91. The molecular formula is C14H28N2O2. The Morgan fingerprint density at radius 1 is 1.44 bits per heavy atom. The van der Waals surface area contributed by atoms with Crippen LogP contribution >= 0.6 is 0 Å². The Morgan fingerprint density at radius 3 is 2.89 bits per heavy atom. The Kier molecular flexibility index (Phi) is 7.28. The number of ether oxygens (including phenoxy) is 1. The maximum Gasteiger partial charge on any atom is 0.220 e. The minimum absolute atomic E-state index is 0.165. The Labute approximate surface area is 111 Å². The molecule has 1 heterocycles. The highest BCUT2D eigenvalue weighted by Crippen LogP contribution is 2.25. The second kappa shape index (κ2) is 8.48. The van der Waals surface area contributed by atoms with Crippen molar-refractivity contribution in [3.8, 4) is 0 Å². The van der Waals surface area contributed by atoms with E-state index < -0.39 is 0 Å². The van der Waals surface area contributed by atoms with Gasteiger partial charge in [-0.05, 0) is 38.8 Å². The lowest BCUT2D eigenvalue weighted by Crippen LogP contribution is -2.41. The third kappa shape index (κ3) is 5.36. The van der Waals surface area contributed by atoms with Gasteiger partial charge in [0, 0.05) is 25.5 Å².